The Balaban J connectivity index is 2.19. The average Bonchev–Trinajstić information content (AvgIpc) is 2.49. The predicted molar refractivity (Wildman–Crippen MR) is 68.1 cm³/mol. The number of hydrogen-bond donors (Lipinski definition) is 0. The van der Waals surface area contributed by atoms with Crippen molar-refractivity contribution in [2.75, 3.05) is 26.9 Å². The van der Waals surface area contributed by atoms with Crippen LogP contribution in [0.5, 0.6) is 0 Å². The van der Waals surface area contributed by atoms with Crippen LogP contribution in [0.25, 0.3) is 0 Å². The summed E-state index contributed by atoms with van der Waals surface area (Å²) in [6.45, 7) is 1.13. The van der Waals surface area contributed by atoms with Crippen molar-refractivity contribution in [3.05, 3.63) is 35.9 Å². The number of nitriles is 1. The zero-order chi connectivity index (χ0) is 13.7. The lowest BCUT2D eigenvalue weighted by atomic mass is 10.1. The Morgan fingerprint density at radius 2 is 2.26 bits per heavy atom. The minimum absolute atomic E-state index is 0.191. The first-order valence-electron chi connectivity index (χ1n) is 6.13. The molecule has 1 heterocycles. The molecule has 2 rings (SSSR count). The van der Waals surface area contributed by atoms with Crippen molar-refractivity contribution < 1.29 is 14.3 Å². The number of methoxy groups -OCH3 is 1. The summed E-state index contributed by atoms with van der Waals surface area (Å²) in [5.41, 5.74) is 0.790. The minimum atomic E-state index is -0.671. The van der Waals surface area contributed by atoms with E-state index in [9.17, 15) is 4.79 Å². The van der Waals surface area contributed by atoms with Gasteiger partial charge in [0.05, 0.1) is 19.3 Å². The van der Waals surface area contributed by atoms with E-state index in [0.717, 1.165) is 5.56 Å². The monoisotopic (exact) mass is 260 g/mol. The van der Waals surface area contributed by atoms with E-state index in [-0.39, 0.29) is 12.5 Å². The van der Waals surface area contributed by atoms with E-state index in [1.165, 1.54) is 12.0 Å². The van der Waals surface area contributed by atoms with Gasteiger partial charge in [-0.1, -0.05) is 30.3 Å². The van der Waals surface area contributed by atoms with E-state index in [4.69, 9.17) is 14.7 Å². The van der Waals surface area contributed by atoms with Crippen LogP contribution in [0.15, 0.2) is 30.3 Å². The highest BCUT2D eigenvalue weighted by Crippen LogP contribution is 2.21. The number of hydrogen-bond acceptors (Lipinski definition) is 4. The van der Waals surface area contributed by atoms with Gasteiger partial charge in [-0.25, -0.2) is 0 Å². The van der Waals surface area contributed by atoms with E-state index in [1.807, 2.05) is 30.3 Å². The highest BCUT2D eigenvalue weighted by Gasteiger charge is 2.32. The fourth-order valence-electron chi connectivity index (χ4n) is 2.13. The topological polar surface area (TPSA) is 62.6 Å². The van der Waals surface area contributed by atoms with Crippen LogP contribution in [0.4, 0.5) is 0 Å². The van der Waals surface area contributed by atoms with Crippen molar-refractivity contribution in [2.45, 2.75) is 12.1 Å². The molecule has 1 aromatic carbocycles. The Kier molecular flexibility index (Phi) is 4.50. The molecule has 0 unspecified atom stereocenters. The molecule has 0 spiro atoms. The lowest BCUT2D eigenvalue weighted by Gasteiger charge is -2.33. The van der Waals surface area contributed by atoms with Gasteiger partial charge in [-0.2, -0.15) is 5.26 Å². The van der Waals surface area contributed by atoms with Crippen LogP contribution in [-0.2, 0) is 14.3 Å². The van der Waals surface area contributed by atoms with Crippen LogP contribution in [0, 0.1) is 11.3 Å². The van der Waals surface area contributed by atoms with Crippen LogP contribution in [0.2, 0.25) is 0 Å². The van der Waals surface area contributed by atoms with Gasteiger partial charge in [0.25, 0.3) is 5.91 Å². The van der Waals surface area contributed by atoms with Crippen LogP contribution in [0.3, 0.4) is 0 Å². The molecule has 1 aliphatic rings. The van der Waals surface area contributed by atoms with Gasteiger partial charge in [-0.3, -0.25) is 4.79 Å². The number of amides is 1. The maximum atomic E-state index is 12.5. The maximum Gasteiger partial charge on any atom is 0.257 e. The molecule has 5 nitrogen and oxygen atoms in total. The Hall–Kier alpha value is -1.90. The smallest absolute Gasteiger partial charge is 0.257 e. The van der Waals surface area contributed by atoms with Crippen LogP contribution < -0.4 is 0 Å². The fourth-order valence-corrected chi connectivity index (χ4v) is 2.13. The third-order valence-corrected chi connectivity index (χ3v) is 3.12. The quantitative estimate of drug-likeness (QED) is 0.817. The number of nitrogens with zero attached hydrogens (tertiary/aromatic N) is 2. The van der Waals surface area contributed by atoms with Gasteiger partial charge < -0.3 is 14.4 Å². The second kappa shape index (κ2) is 6.32. The summed E-state index contributed by atoms with van der Waals surface area (Å²) >= 11 is 0. The molecular formula is C14H16N2O3. The van der Waals surface area contributed by atoms with Crippen molar-refractivity contribution in [3.63, 3.8) is 0 Å². The van der Waals surface area contributed by atoms with Crippen LogP contribution in [-0.4, -0.2) is 43.7 Å². The normalized spacial score (nSPS) is 20.6. The molecule has 1 aliphatic heterocycles. The highest BCUT2D eigenvalue weighted by atomic mass is 16.5. The summed E-state index contributed by atoms with van der Waals surface area (Å²) in [4.78, 5) is 14.0. The van der Waals surface area contributed by atoms with Gasteiger partial charge in [0.2, 0.25) is 0 Å². The summed E-state index contributed by atoms with van der Waals surface area (Å²) in [5.74, 6) is -0.191. The zero-order valence-electron chi connectivity index (χ0n) is 10.8. The van der Waals surface area contributed by atoms with E-state index in [0.29, 0.717) is 13.2 Å². The minimum Gasteiger partial charge on any atom is -0.376 e. The number of carbonyl (C=O) groups excluding carboxylic acids is 1. The molecule has 5 heteroatoms. The maximum absolute atomic E-state index is 12.5. The predicted octanol–water partition coefficient (Wildman–Crippen LogP) is 1.13. The van der Waals surface area contributed by atoms with Gasteiger partial charge >= 0.3 is 0 Å². The Morgan fingerprint density at radius 1 is 1.53 bits per heavy atom. The van der Waals surface area contributed by atoms with Crippen molar-refractivity contribution in [1.29, 1.82) is 5.26 Å². The van der Waals surface area contributed by atoms with E-state index < -0.39 is 12.1 Å². The van der Waals surface area contributed by atoms with Gasteiger partial charge in [0, 0.05) is 13.7 Å². The molecule has 1 saturated heterocycles. The van der Waals surface area contributed by atoms with Crippen molar-refractivity contribution in [2.24, 2.45) is 0 Å². The number of rotatable bonds is 3. The van der Waals surface area contributed by atoms with Gasteiger partial charge in [0.15, 0.2) is 6.10 Å². The number of ether oxygens (including phenoxy) is 2. The third kappa shape index (κ3) is 2.92. The molecule has 0 bridgehead atoms. The average molecular weight is 260 g/mol. The number of carbonyl (C=O) groups is 1. The molecule has 19 heavy (non-hydrogen) atoms. The molecule has 0 N–H and O–H groups in total. The summed E-state index contributed by atoms with van der Waals surface area (Å²) in [7, 11) is 1.50. The van der Waals surface area contributed by atoms with Crippen molar-refractivity contribution in [1.82, 2.24) is 4.90 Å². The number of benzene rings is 1. The first kappa shape index (κ1) is 13.5. The second-order valence-electron chi connectivity index (χ2n) is 4.28. The summed E-state index contributed by atoms with van der Waals surface area (Å²) in [5, 5.41) is 9.07. The van der Waals surface area contributed by atoms with Crippen LogP contribution in [0.1, 0.15) is 11.7 Å². The SMILES string of the molecule is CO[C@H](C(=O)N1CCOC[C@H]1C#N)c1ccccc1. The molecule has 0 aromatic heterocycles. The summed E-state index contributed by atoms with van der Waals surface area (Å²) in [6.07, 6.45) is -0.671. The molecule has 0 saturated carbocycles. The molecule has 0 radical (unpaired) electrons. The van der Waals surface area contributed by atoms with Gasteiger partial charge in [-0.05, 0) is 5.56 Å². The second-order valence-corrected chi connectivity index (χ2v) is 4.28. The third-order valence-electron chi connectivity index (χ3n) is 3.12. The van der Waals surface area contributed by atoms with Crippen LogP contribution >= 0.6 is 0 Å². The Morgan fingerprint density at radius 3 is 2.89 bits per heavy atom. The zero-order valence-corrected chi connectivity index (χ0v) is 10.8. The molecule has 1 amide bonds. The molecule has 0 aliphatic carbocycles. The molecule has 1 fully saturated rings. The van der Waals surface area contributed by atoms with E-state index in [1.54, 1.807) is 0 Å². The largest absolute Gasteiger partial charge is 0.376 e. The molecule has 2 atom stereocenters. The number of morpholine rings is 1. The first-order valence-corrected chi connectivity index (χ1v) is 6.13. The summed E-state index contributed by atoms with van der Waals surface area (Å²) < 4.78 is 10.5. The molecule has 1 aromatic rings. The molecule has 100 valence electrons. The van der Waals surface area contributed by atoms with E-state index >= 15 is 0 Å². The fraction of sp³-hybridized carbons (Fsp3) is 0.429. The Bertz CT molecular complexity index is 469. The van der Waals surface area contributed by atoms with Crippen molar-refractivity contribution in [3.8, 4) is 6.07 Å². The van der Waals surface area contributed by atoms with Crippen molar-refractivity contribution >= 4 is 5.91 Å². The lowest BCUT2D eigenvalue weighted by Crippen LogP contribution is -2.49. The standard InChI is InChI=1S/C14H16N2O3/c1-18-13(11-5-3-2-4-6-11)14(17)16-7-8-19-10-12(16)9-15/h2-6,12-13H,7-8,10H2,1H3/t12-,13+/m1/s1. The molecular weight excluding hydrogens is 244 g/mol. The highest BCUT2D eigenvalue weighted by molar-refractivity contribution is 5.83. The van der Waals surface area contributed by atoms with Gasteiger partial charge in [-0.15, -0.1) is 0 Å². The van der Waals surface area contributed by atoms with Gasteiger partial charge in [0.1, 0.15) is 6.04 Å². The van der Waals surface area contributed by atoms with E-state index in [2.05, 4.69) is 6.07 Å². The summed E-state index contributed by atoms with van der Waals surface area (Å²) in [6, 6.07) is 10.8. The lowest BCUT2D eigenvalue weighted by molar-refractivity contribution is -0.149. The Labute approximate surface area is 112 Å². The first-order chi connectivity index (χ1) is 9.27.